The molecule has 1 saturated heterocycles. The lowest BCUT2D eigenvalue weighted by molar-refractivity contribution is -0.275. The van der Waals surface area contributed by atoms with Gasteiger partial charge in [0.15, 0.2) is 0 Å². The van der Waals surface area contributed by atoms with Crippen LogP contribution in [-0.2, 0) is 10.0 Å². The number of hydrogen-bond acceptors (Lipinski definition) is 8. The van der Waals surface area contributed by atoms with E-state index < -0.39 is 38.5 Å². The van der Waals surface area contributed by atoms with Crippen molar-refractivity contribution in [2.45, 2.75) is 49.0 Å². The molecular weight excluding hydrogens is 614 g/mol. The quantitative estimate of drug-likeness (QED) is 0.261. The molecule has 1 aliphatic carbocycles. The largest absolute Gasteiger partial charge is 0.573 e. The Morgan fingerprint density at radius 3 is 2.36 bits per heavy atom. The van der Waals surface area contributed by atoms with Crippen molar-refractivity contribution in [3.05, 3.63) is 60.5 Å². The monoisotopic (exact) mass is 647 g/mol. The zero-order chi connectivity index (χ0) is 31.9. The van der Waals surface area contributed by atoms with Crippen LogP contribution in [0.5, 0.6) is 5.75 Å². The number of sulfonamides is 1. The van der Waals surface area contributed by atoms with Gasteiger partial charge in [-0.05, 0) is 63.1 Å². The molecule has 0 amide bonds. The zero-order valence-corrected chi connectivity index (χ0v) is 25.3. The molecule has 15 heteroatoms. The Labute approximate surface area is 257 Å². The molecule has 10 nitrogen and oxygen atoms in total. The van der Waals surface area contributed by atoms with Crippen molar-refractivity contribution < 1.29 is 30.7 Å². The summed E-state index contributed by atoms with van der Waals surface area (Å²) < 4.78 is 87.8. The SMILES string of the molecule is CN1CCN(C2CCC(n3nc(-c4ccc(NS(=O)(=O)c5ccccc5OC(F)(F)F)c(F)c4)c4c(N)nccc43)CC2)CC1. The number of likely N-dealkylation sites (N-methyl/N-ethyl adjacent to an activating group) is 1. The molecule has 6 rings (SSSR count). The minimum Gasteiger partial charge on any atom is -0.404 e. The number of nitrogens with two attached hydrogens (primary N) is 1. The number of pyridine rings is 1. The number of hydrogen-bond donors (Lipinski definition) is 2. The van der Waals surface area contributed by atoms with Gasteiger partial charge in [0.05, 0.1) is 22.6 Å². The third-order valence-corrected chi connectivity index (χ3v) is 9.97. The summed E-state index contributed by atoms with van der Waals surface area (Å²) in [6, 6.07) is 10.5. The molecule has 4 aromatic rings. The van der Waals surface area contributed by atoms with Crippen LogP contribution in [0.3, 0.4) is 0 Å². The Bertz CT molecular complexity index is 1800. The fourth-order valence-electron chi connectivity index (χ4n) is 6.27. The van der Waals surface area contributed by atoms with Crippen LogP contribution in [0.15, 0.2) is 59.6 Å². The lowest BCUT2D eigenvalue weighted by atomic mass is 9.89. The predicted molar refractivity (Wildman–Crippen MR) is 162 cm³/mol. The Kier molecular flexibility index (Phi) is 8.35. The Morgan fingerprint density at radius 2 is 1.67 bits per heavy atom. The predicted octanol–water partition coefficient (Wildman–Crippen LogP) is 5.25. The van der Waals surface area contributed by atoms with E-state index in [1.54, 1.807) is 6.20 Å². The van der Waals surface area contributed by atoms with Crippen molar-refractivity contribution in [3.63, 3.8) is 0 Å². The van der Waals surface area contributed by atoms with Gasteiger partial charge in [0.2, 0.25) is 0 Å². The summed E-state index contributed by atoms with van der Waals surface area (Å²) in [5, 5.41) is 5.44. The highest BCUT2D eigenvalue weighted by atomic mass is 32.2. The average molecular weight is 648 g/mol. The molecule has 0 bridgehead atoms. The van der Waals surface area contributed by atoms with Crippen LogP contribution in [0, 0.1) is 5.82 Å². The van der Waals surface area contributed by atoms with E-state index in [1.165, 1.54) is 24.3 Å². The fraction of sp³-hybridized carbons (Fsp3) is 0.400. The molecule has 2 aliphatic rings. The van der Waals surface area contributed by atoms with E-state index in [9.17, 15) is 21.6 Å². The number of nitrogen functional groups attached to an aromatic ring is 1. The van der Waals surface area contributed by atoms with Crippen molar-refractivity contribution in [2.75, 3.05) is 43.7 Å². The number of aromatic nitrogens is 3. The molecule has 3 N–H and O–H groups in total. The molecule has 0 atom stereocenters. The zero-order valence-electron chi connectivity index (χ0n) is 24.5. The summed E-state index contributed by atoms with van der Waals surface area (Å²) in [5.41, 5.74) is 7.33. The highest BCUT2D eigenvalue weighted by Crippen LogP contribution is 2.39. The van der Waals surface area contributed by atoms with Gasteiger partial charge < -0.3 is 15.4 Å². The van der Waals surface area contributed by atoms with Crippen molar-refractivity contribution in [1.29, 1.82) is 0 Å². The standard InChI is InChI=1S/C30H33F4N7O3S/c1-39-14-16-40(17-15-39)20-7-9-21(10-8-20)41-24-12-13-36-29(35)27(24)28(37-41)19-6-11-23(22(31)18-19)38-45(42,43)26-5-3-2-4-25(26)44-30(32,33)34/h2-6,11-13,18,20-21,38H,7-10,14-17H2,1H3,(H2,35,36). The van der Waals surface area contributed by atoms with E-state index in [2.05, 4.69) is 26.6 Å². The van der Waals surface area contributed by atoms with Crippen molar-refractivity contribution in [3.8, 4) is 17.0 Å². The summed E-state index contributed by atoms with van der Waals surface area (Å²) >= 11 is 0. The first-order chi connectivity index (χ1) is 21.4. The minimum atomic E-state index is -5.12. The maximum absolute atomic E-state index is 15.4. The molecule has 45 heavy (non-hydrogen) atoms. The van der Waals surface area contributed by atoms with Gasteiger partial charge in [-0.2, -0.15) is 5.10 Å². The summed E-state index contributed by atoms with van der Waals surface area (Å²) in [4.78, 5) is 8.35. The van der Waals surface area contributed by atoms with Gasteiger partial charge in [0.25, 0.3) is 10.0 Å². The van der Waals surface area contributed by atoms with Gasteiger partial charge in [-0.3, -0.25) is 14.3 Å². The normalized spacial score (nSPS) is 20.4. The Morgan fingerprint density at radius 1 is 0.978 bits per heavy atom. The van der Waals surface area contributed by atoms with E-state index in [0.717, 1.165) is 75.6 Å². The second kappa shape index (κ2) is 12.1. The molecule has 2 fully saturated rings. The molecule has 2 aromatic heterocycles. The molecule has 0 unspecified atom stereocenters. The summed E-state index contributed by atoms with van der Waals surface area (Å²) in [6.07, 6.45) is 0.395. The summed E-state index contributed by atoms with van der Waals surface area (Å²) in [7, 11) is -2.51. The highest BCUT2D eigenvalue weighted by Gasteiger charge is 2.34. The van der Waals surface area contributed by atoms with Crippen molar-refractivity contribution in [1.82, 2.24) is 24.6 Å². The number of fused-ring (bicyclic) bond motifs is 1. The van der Waals surface area contributed by atoms with Crippen molar-refractivity contribution >= 4 is 32.4 Å². The number of rotatable bonds is 7. The van der Waals surface area contributed by atoms with Gasteiger partial charge in [-0.1, -0.05) is 18.2 Å². The third kappa shape index (κ3) is 6.56. The number of ether oxygens (including phenoxy) is 1. The first-order valence-corrected chi connectivity index (χ1v) is 16.1. The second-order valence-corrected chi connectivity index (χ2v) is 13.1. The fourth-order valence-corrected chi connectivity index (χ4v) is 7.47. The number of nitrogens with one attached hydrogen (secondary N) is 1. The highest BCUT2D eigenvalue weighted by molar-refractivity contribution is 7.92. The number of benzene rings is 2. The Hall–Kier alpha value is -3.95. The van der Waals surface area contributed by atoms with Crippen LogP contribution in [0.2, 0.25) is 0 Å². The molecule has 2 aromatic carbocycles. The molecule has 0 radical (unpaired) electrons. The lowest BCUT2D eigenvalue weighted by Crippen LogP contribution is -2.49. The Balaban J connectivity index is 1.26. The van der Waals surface area contributed by atoms with Gasteiger partial charge in [0, 0.05) is 44.0 Å². The van der Waals surface area contributed by atoms with E-state index in [1.807, 2.05) is 15.5 Å². The van der Waals surface area contributed by atoms with Crippen LogP contribution < -0.4 is 15.2 Å². The van der Waals surface area contributed by atoms with Crippen LogP contribution in [0.25, 0.3) is 22.2 Å². The number of para-hydroxylation sites is 1. The van der Waals surface area contributed by atoms with E-state index in [0.29, 0.717) is 22.7 Å². The minimum absolute atomic E-state index is 0.113. The number of halogens is 4. The molecule has 1 aliphatic heterocycles. The second-order valence-electron chi connectivity index (χ2n) is 11.5. The maximum Gasteiger partial charge on any atom is 0.573 e. The van der Waals surface area contributed by atoms with E-state index in [4.69, 9.17) is 10.8 Å². The smallest absolute Gasteiger partial charge is 0.404 e. The van der Waals surface area contributed by atoms with Crippen LogP contribution in [-0.4, -0.2) is 78.6 Å². The molecule has 0 spiro atoms. The summed E-state index contributed by atoms with van der Waals surface area (Å²) in [5.74, 6) is -1.67. The average Bonchev–Trinajstić information content (AvgIpc) is 3.39. The van der Waals surface area contributed by atoms with Gasteiger partial charge in [-0.25, -0.2) is 17.8 Å². The van der Waals surface area contributed by atoms with Crippen LogP contribution >= 0.6 is 0 Å². The molecule has 3 heterocycles. The first-order valence-electron chi connectivity index (χ1n) is 14.6. The number of piperazine rings is 1. The van der Waals surface area contributed by atoms with Gasteiger partial charge in [-0.15, -0.1) is 13.2 Å². The number of nitrogens with zero attached hydrogens (tertiary/aromatic N) is 5. The van der Waals surface area contributed by atoms with Crippen molar-refractivity contribution in [2.24, 2.45) is 0 Å². The summed E-state index contributed by atoms with van der Waals surface area (Å²) in [6.45, 7) is 4.26. The molecular formula is C30H33F4N7O3S. The first kappa shape index (κ1) is 31.0. The van der Waals surface area contributed by atoms with Crippen LogP contribution in [0.4, 0.5) is 29.1 Å². The number of alkyl halides is 3. The number of anilines is 2. The maximum atomic E-state index is 15.4. The van der Waals surface area contributed by atoms with Gasteiger partial charge in [0.1, 0.15) is 28.0 Å². The molecule has 1 saturated carbocycles. The lowest BCUT2D eigenvalue weighted by Gasteiger charge is -2.41. The van der Waals surface area contributed by atoms with Crippen LogP contribution in [0.1, 0.15) is 31.7 Å². The third-order valence-electron chi connectivity index (χ3n) is 8.57. The van der Waals surface area contributed by atoms with E-state index in [-0.39, 0.29) is 11.9 Å². The molecule has 240 valence electrons. The van der Waals surface area contributed by atoms with Gasteiger partial charge >= 0.3 is 6.36 Å². The topological polar surface area (TPSA) is 119 Å². The van der Waals surface area contributed by atoms with E-state index >= 15 is 4.39 Å².